The van der Waals surface area contributed by atoms with Crippen molar-refractivity contribution in [3.63, 3.8) is 0 Å². The quantitative estimate of drug-likeness (QED) is 0.903. The SMILES string of the molecule is CCc1nnc2n1C[C@@H](N[C@H](C)c1nc(C)no1)CC2. The van der Waals surface area contributed by atoms with E-state index in [-0.39, 0.29) is 6.04 Å². The van der Waals surface area contributed by atoms with E-state index in [0.717, 1.165) is 37.5 Å². The van der Waals surface area contributed by atoms with Gasteiger partial charge < -0.3 is 14.4 Å². The fraction of sp³-hybridized carbons (Fsp3) is 0.692. The molecule has 2 aromatic rings. The zero-order valence-corrected chi connectivity index (χ0v) is 12.1. The Morgan fingerprint density at radius 2 is 2.30 bits per heavy atom. The molecule has 20 heavy (non-hydrogen) atoms. The molecule has 0 aromatic carbocycles. The number of hydrogen-bond donors (Lipinski definition) is 1. The number of rotatable bonds is 4. The molecular formula is C13H20N6O. The molecule has 0 amide bonds. The number of hydrogen-bond acceptors (Lipinski definition) is 6. The smallest absolute Gasteiger partial charge is 0.243 e. The minimum Gasteiger partial charge on any atom is -0.338 e. The molecule has 0 aliphatic carbocycles. The number of fused-ring (bicyclic) bond motifs is 1. The molecular weight excluding hydrogens is 256 g/mol. The van der Waals surface area contributed by atoms with E-state index in [4.69, 9.17) is 4.52 Å². The highest BCUT2D eigenvalue weighted by Crippen LogP contribution is 2.18. The van der Waals surface area contributed by atoms with Gasteiger partial charge >= 0.3 is 0 Å². The Balaban J connectivity index is 1.68. The van der Waals surface area contributed by atoms with Gasteiger partial charge in [0.05, 0.1) is 6.04 Å². The number of nitrogens with one attached hydrogen (secondary N) is 1. The van der Waals surface area contributed by atoms with Crippen LogP contribution in [0.2, 0.25) is 0 Å². The fourth-order valence-electron chi connectivity index (χ4n) is 2.69. The van der Waals surface area contributed by atoms with Crippen LogP contribution in [0.3, 0.4) is 0 Å². The highest BCUT2D eigenvalue weighted by molar-refractivity contribution is 5.02. The molecule has 3 heterocycles. The Morgan fingerprint density at radius 1 is 1.45 bits per heavy atom. The van der Waals surface area contributed by atoms with E-state index < -0.39 is 0 Å². The first kappa shape index (κ1) is 13.2. The largest absolute Gasteiger partial charge is 0.338 e. The van der Waals surface area contributed by atoms with Crippen LogP contribution in [-0.4, -0.2) is 30.9 Å². The summed E-state index contributed by atoms with van der Waals surface area (Å²) in [7, 11) is 0. The van der Waals surface area contributed by atoms with Crippen LogP contribution in [0.4, 0.5) is 0 Å². The molecule has 108 valence electrons. The van der Waals surface area contributed by atoms with Crippen LogP contribution in [0.5, 0.6) is 0 Å². The molecule has 2 atom stereocenters. The summed E-state index contributed by atoms with van der Waals surface area (Å²) in [6.07, 6.45) is 2.93. The second-order valence-corrected chi connectivity index (χ2v) is 5.30. The Bertz CT molecular complexity index is 576. The second kappa shape index (κ2) is 5.32. The third-order valence-corrected chi connectivity index (χ3v) is 3.74. The number of aromatic nitrogens is 5. The Labute approximate surface area is 117 Å². The Morgan fingerprint density at radius 3 is 3.00 bits per heavy atom. The third-order valence-electron chi connectivity index (χ3n) is 3.74. The molecule has 0 radical (unpaired) electrons. The van der Waals surface area contributed by atoms with Crippen molar-refractivity contribution in [3.05, 3.63) is 23.4 Å². The van der Waals surface area contributed by atoms with Crippen LogP contribution in [-0.2, 0) is 19.4 Å². The lowest BCUT2D eigenvalue weighted by Crippen LogP contribution is -2.39. The first-order valence-electron chi connectivity index (χ1n) is 7.14. The van der Waals surface area contributed by atoms with E-state index in [1.165, 1.54) is 0 Å². The maximum atomic E-state index is 5.21. The fourth-order valence-corrected chi connectivity index (χ4v) is 2.69. The van der Waals surface area contributed by atoms with E-state index in [9.17, 15) is 0 Å². The van der Waals surface area contributed by atoms with Crippen LogP contribution in [0, 0.1) is 6.92 Å². The molecule has 0 spiro atoms. The number of nitrogens with zero attached hydrogens (tertiary/aromatic N) is 5. The Kier molecular flexibility index (Phi) is 3.52. The molecule has 0 saturated heterocycles. The molecule has 1 aliphatic heterocycles. The second-order valence-electron chi connectivity index (χ2n) is 5.30. The number of aryl methyl sites for hydroxylation is 3. The highest BCUT2D eigenvalue weighted by Gasteiger charge is 2.24. The molecule has 0 saturated carbocycles. The van der Waals surface area contributed by atoms with Gasteiger partial charge in [-0.3, -0.25) is 0 Å². The maximum Gasteiger partial charge on any atom is 0.243 e. The first-order chi connectivity index (χ1) is 9.67. The van der Waals surface area contributed by atoms with Gasteiger partial charge in [0, 0.05) is 25.4 Å². The summed E-state index contributed by atoms with van der Waals surface area (Å²) in [5.74, 6) is 3.48. The average Bonchev–Trinajstić information content (AvgIpc) is 3.04. The van der Waals surface area contributed by atoms with Crippen molar-refractivity contribution in [2.75, 3.05) is 0 Å². The minimum atomic E-state index is 0.0595. The predicted molar refractivity (Wildman–Crippen MR) is 72.1 cm³/mol. The van der Waals surface area contributed by atoms with Crippen molar-refractivity contribution in [1.82, 2.24) is 30.2 Å². The van der Waals surface area contributed by atoms with Crippen LogP contribution >= 0.6 is 0 Å². The van der Waals surface area contributed by atoms with Crippen LogP contribution in [0.1, 0.15) is 49.7 Å². The topological polar surface area (TPSA) is 81.7 Å². The molecule has 0 bridgehead atoms. The van der Waals surface area contributed by atoms with Crippen LogP contribution in [0.25, 0.3) is 0 Å². The molecule has 3 rings (SSSR count). The van der Waals surface area contributed by atoms with Gasteiger partial charge in [0.1, 0.15) is 11.6 Å². The minimum absolute atomic E-state index is 0.0595. The summed E-state index contributed by atoms with van der Waals surface area (Å²) >= 11 is 0. The predicted octanol–water partition coefficient (Wildman–Crippen LogP) is 1.20. The van der Waals surface area contributed by atoms with E-state index in [2.05, 4.69) is 44.1 Å². The molecule has 0 unspecified atom stereocenters. The molecule has 1 N–H and O–H groups in total. The van der Waals surface area contributed by atoms with Gasteiger partial charge in [-0.15, -0.1) is 10.2 Å². The normalized spacial score (nSPS) is 19.9. The lowest BCUT2D eigenvalue weighted by atomic mass is 10.1. The van der Waals surface area contributed by atoms with Gasteiger partial charge in [-0.05, 0) is 20.3 Å². The summed E-state index contributed by atoms with van der Waals surface area (Å²) in [6, 6.07) is 0.440. The van der Waals surface area contributed by atoms with Crippen molar-refractivity contribution >= 4 is 0 Å². The molecule has 1 aliphatic rings. The maximum absolute atomic E-state index is 5.21. The van der Waals surface area contributed by atoms with Crippen molar-refractivity contribution in [2.45, 2.75) is 58.7 Å². The van der Waals surface area contributed by atoms with Gasteiger partial charge in [0.25, 0.3) is 0 Å². The van der Waals surface area contributed by atoms with Crippen LogP contribution in [0.15, 0.2) is 4.52 Å². The van der Waals surface area contributed by atoms with Gasteiger partial charge in [0.2, 0.25) is 5.89 Å². The standard InChI is InChI=1S/C13H20N6O/c1-4-11-16-17-12-6-5-10(7-19(11)12)14-8(2)13-15-9(3)18-20-13/h8,10,14H,4-7H2,1-3H3/t8-,10+/m1/s1. The summed E-state index contributed by atoms with van der Waals surface area (Å²) in [6.45, 7) is 6.90. The average molecular weight is 276 g/mol. The highest BCUT2D eigenvalue weighted by atomic mass is 16.5. The third kappa shape index (κ3) is 2.45. The zero-order chi connectivity index (χ0) is 14.1. The molecule has 2 aromatic heterocycles. The van der Waals surface area contributed by atoms with E-state index in [0.29, 0.717) is 17.8 Å². The van der Waals surface area contributed by atoms with Gasteiger partial charge in [-0.2, -0.15) is 4.98 Å². The molecule has 7 nitrogen and oxygen atoms in total. The Hall–Kier alpha value is -1.76. The van der Waals surface area contributed by atoms with E-state index in [1.54, 1.807) is 0 Å². The van der Waals surface area contributed by atoms with E-state index >= 15 is 0 Å². The summed E-state index contributed by atoms with van der Waals surface area (Å²) in [5.41, 5.74) is 0. The monoisotopic (exact) mass is 276 g/mol. The van der Waals surface area contributed by atoms with Crippen LogP contribution < -0.4 is 5.32 Å². The lowest BCUT2D eigenvalue weighted by molar-refractivity contribution is 0.292. The summed E-state index contributed by atoms with van der Waals surface area (Å²) < 4.78 is 7.44. The summed E-state index contributed by atoms with van der Waals surface area (Å²) in [4.78, 5) is 4.27. The van der Waals surface area contributed by atoms with Gasteiger partial charge in [0.15, 0.2) is 5.82 Å². The van der Waals surface area contributed by atoms with Gasteiger partial charge in [-0.1, -0.05) is 12.1 Å². The zero-order valence-electron chi connectivity index (χ0n) is 12.1. The van der Waals surface area contributed by atoms with Crippen molar-refractivity contribution < 1.29 is 4.52 Å². The van der Waals surface area contributed by atoms with Crippen molar-refractivity contribution in [2.24, 2.45) is 0 Å². The summed E-state index contributed by atoms with van der Waals surface area (Å²) in [5, 5.41) is 15.9. The molecule has 7 heteroatoms. The molecule has 0 fully saturated rings. The van der Waals surface area contributed by atoms with Crippen molar-refractivity contribution in [1.29, 1.82) is 0 Å². The first-order valence-corrected chi connectivity index (χ1v) is 7.14. The van der Waals surface area contributed by atoms with Crippen molar-refractivity contribution in [3.8, 4) is 0 Å². The van der Waals surface area contributed by atoms with E-state index in [1.807, 2.05) is 6.92 Å². The lowest BCUT2D eigenvalue weighted by Gasteiger charge is -2.27. The van der Waals surface area contributed by atoms with Gasteiger partial charge in [-0.25, -0.2) is 0 Å².